The maximum Gasteiger partial charge on any atom is 0.179 e. The van der Waals surface area contributed by atoms with E-state index in [1.807, 2.05) is 0 Å². The molecule has 0 saturated carbocycles. The van der Waals surface area contributed by atoms with Crippen LogP contribution in [0.5, 0.6) is 0 Å². The molecule has 11 aromatic carbocycles. The lowest BCUT2D eigenvalue weighted by Gasteiger charge is -2.47. The van der Waals surface area contributed by atoms with Crippen LogP contribution >= 0.6 is 0 Å². The van der Waals surface area contributed by atoms with E-state index in [9.17, 15) is 0 Å². The van der Waals surface area contributed by atoms with Gasteiger partial charge in [-0.05, 0) is 113 Å². The highest BCUT2D eigenvalue weighted by Crippen LogP contribution is 2.58. The number of nitrogens with zero attached hydrogens (tertiary/aromatic N) is 2. The molecule has 0 fully saturated rings. The summed E-state index contributed by atoms with van der Waals surface area (Å²) in [5.74, 6) is 0.0534. The molecule has 3 heteroatoms. The third-order valence-corrected chi connectivity index (χ3v) is 21.4. The molecule has 0 amide bonds. The van der Waals surface area contributed by atoms with E-state index < -0.39 is 8.07 Å². The maximum absolute atomic E-state index is 5.71. The standard InChI is InChI=1S/C73H50N2Si/c1-5-24-49(25-6-1)51-47-65(50-26-21-27-52(46-50)75-67-43-19-17-36-58(67)59-37-18-20-44-68(59)75)74-66(48-51)57-35-14-13-34-56(57)60-40-22-41-63-70-61-38-15-16-39-62(61)73(71(60)63)72-64(70)42-23-45-69(72)76(53-28-7-2-8-29-53,54-30-9-3-10-31-54)55-32-11-4-12-33-55/h1-48,70,73H. The van der Waals surface area contributed by atoms with Gasteiger partial charge in [-0.2, -0.15) is 0 Å². The summed E-state index contributed by atoms with van der Waals surface area (Å²) in [6, 6.07) is 109. The minimum atomic E-state index is -2.96. The molecule has 13 aromatic rings. The van der Waals surface area contributed by atoms with Crippen LogP contribution in [0.4, 0.5) is 0 Å². The van der Waals surface area contributed by atoms with Gasteiger partial charge in [-0.3, -0.25) is 0 Å². The van der Waals surface area contributed by atoms with Gasteiger partial charge < -0.3 is 4.57 Å². The molecular weight excluding hydrogens is 933 g/mol. The predicted octanol–water partition coefficient (Wildman–Crippen LogP) is 15.2. The Balaban J connectivity index is 0.949. The summed E-state index contributed by atoms with van der Waals surface area (Å²) < 4.78 is 2.39. The lowest BCUT2D eigenvalue weighted by molar-refractivity contribution is 0.760. The molecule has 0 radical (unpaired) electrons. The molecule has 2 unspecified atom stereocenters. The average molecular weight is 983 g/mol. The van der Waals surface area contributed by atoms with E-state index in [1.165, 1.54) is 87.1 Å². The van der Waals surface area contributed by atoms with Gasteiger partial charge in [-0.15, -0.1) is 0 Å². The fourth-order valence-corrected chi connectivity index (χ4v) is 18.5. The van der Waals surface area contributed by atoms with Crippen LogP contribution in [0.2, 0.25) is 0 Å². The summed E-state index contributed by atoms with van der Waals surface area (Å²) >= 11 is 0. The summed E-state index contributed by atoms with van der Waals surface area (Å²) in [4.78, 5) is 5.71. The highest BCUT2D eigenvalue weighted by atomic mass is 28.3. The van der Waals surface area contributed by atoms with Crippen LogP contribution in [0.15, 0.2) is 291 Å². The molecule has 2 bridgehead atoms. The number of hydrogen-bond acceptors (Lipinski definition) is 1. The SMILES string of the molecule is c1ccc(-c2cc(-c3cccc(-n4c5ccccc5c5ccccc54)c3)nc(-c3ccccc3-c3cccc4c3C3c5ccccc5C4c4cccc([Si](c5ccccc5)(c5ccccc5)c5ccccc5)c43)c2)cc1. The van der Waals surface area contributed by atoms with Crippen molar-refractivity contribution in [2.75, 3.05) is 0 Å². The number of benzene rings is 11. The first-order valence-electron chi connectivity index (χ1n) is 26.5. The van der Waals surface area contributed by atoms with Crippen molar-refractivity contribution in [3.8, 4) is 50.5 Å². The van der Waals surface area contributed by atoms with Crippen molar-refractivity contribution in [1.82, 2.24) is 9.55 Å². The fourth-order valence-electron chi connectivity index (χ4n) is 13.5. The van der Waals surface area contributed by atoms with E-state index in [0.717, 1.165) is 39.3 Å². The van der Waals surface area contributed by atoms with Gasteiger partial charge in [0, 0.05) is 39.4 Å². The van der Waals surface area contributed by atoms with Crippen LogP contribution < -0.4 is 20.7 Å². The largest absolute Gasteiger partial charge is 0.309 e. The summed E-state index contributed by atoms with van der Waals surface area (Å²) in [6.07, 6.45) is 0. The van der Waals surface area contributed by atoms with Crippen LogP contribution in [0.1, 0.15) is 45.2 Å². The molecule has 0 aliphatic heterocycles. The summed E-state index contributed by atoms with van der Waals surface area (Å²) in [5, 5.41) is 8.10. The second kappa shape index (κ2) is 17.9. The second-order valence-electron chi connectivity index (χ2n) is 20.4. The predicted molar refractivity (Wildman–Crippen MR) is 319 cm³/mol. The molecule has 0 N–H and O–H groups in total. The van der Waals surface area contributed by atoms with Crippen molar-refractivity contribution in [3.63, 3.8) is 0 Å². The molecule has 2 atom stereocenters. The zero-order valence-corrected chi connectivity index (χ0v) is 42.8. The molecule has 0 spiro atoms. The Kier molecular flexibility index (Phi) is 10.4. The van der Waals surface area contributed by atoms with Crippen LogP contribution in [-0.2, 0) is 0 Å². The lowest BCUT2D eigenvalue weighted by Crippen LogP contribution is -2.75. The monoisotopic (exact) mass is 982 g/mol. The first kappa shape index (κ1) is 44.1. The molecule has 3 aliphatic rings. The van der Waals surface area contributed by atoms with E-state index >= 15 is 0 Å². The van der Waals surface area contributed by atoms with E-state index in [1.54, 1.807) is 0 Å². The van der Waals surface area contributed by atoms with Gasteiger partial charge in [0.05, 0.1) is 22.4 Å². The molecule has 16 rings (SSSR count). The Morgan fingerprint density at radius 2 is 0.763 bits per heavy atom. The van der Waals surface area contributed by atoms with Gasteiger partial charge >= 0.3 is 0 Å². The third-order valence-electron chi connectivity index (χ3n) is 16.5. The first-order chi connectivity index (χ1) is 37.7. The Morgan fingerprint density at radius 3 is 1.41 bits per heavy atom. The summed E-state index contributed by atoms with van der Waals surface area (Å²) in [5.41, 5.74) is 20.7. The minimum Gasteiger partial charge on any atom is -0.309 e. The van der Waals surface area contributed by atoms with Gasteiger partial charge in [0.25, 0.3) is 0 Å². The Morgan fingerprint density at radius 1 is 0.303 bits per heavy atom. The van der Waals surface area contributed by atoms with Gasteiger partial charge in [0.2, 0.25) is 0 Å². The van der Waals surface area contributed by atoms with E-state index in [-0.39, 0.29) is 11.8 Å². The van der Waals surface area contributed by atoms with Gasteiger partial charge in [-0.1, -0.05) is 255 Å². The van der Waals surface area contributed by atoms with Crippen molar-refractivity contribution >= 4 is 50.6 Å². The Hall–Kier alpha value is -9.41. The quantitative estimate of drug-likeness (QED) is 0.104. The fraction of sp³-hybridized carbons (Fsp3) is 0.0274. The average Bonchev–Trinajstić information content (AvgIpc) is 3.85. The molecule has 2 nitrogen and oxygen atoms in total. The number of hydrogen-bond donors (Lipinski definition) is 0. The van der Waals surface area contributed by atoms with Crippen LogP contribution in [0.3, 0.4) is 0 Å². The Labute approximate surface area is 444 Å². The van der Waals surface area contributed by atoms with Crippen LogP contribution in [0.25, 0.3) is 72.3 Å². The minimum absolute atomic E-state index is 0.0163. The van der Waals surface area contributed by atoms with Crippen LogP contribution in [0, 0.1) is 0 Å². The van der Waals surface area contributed by atoms with Crippen molar-refractivity contribution in [2.24, 2.45) is 0 Å². The molecular formula is C73H50N2Si. The highest BCUT2D eigenvalue weighted by Gasteiger charge is 2.49. The highest BCUT2D eigenvalue weighted by molar-refractivity contribution is 7.20. The summed E-state index contributed by atoms with van der Waals surface area (Å²) in [6.45, 7) is 0. The van der Waals surface area contributed by atoms with E-state index in [2.05, 4.69) is 296 Å². The first-order valence-corrected chi connectivity index (χ1v) is 28.5. The number of fused-ring (bicyclic) bond motifs is 3. The van der Waals surface area contributed by atoms with E-state index in [4.69, 9.17) is 4.98 Å². The van der Waals surface area contributed by atoms with Gasteiger partial charge in [0.15, 0.2) is 8.07 Å². The normalized spacial score (nSPS) is 14.3. The lowest BCUT2D eigenvalue weighted by atomic mass is 9.60. The number of para-hydroxylation sites is 2. The van der Waals surface area contributed by atoms with Crippen molar-refractivity contribution < 1.29 is 0 Å². The Bertz CT molecular complexity index is 4200. The molecule has 76 heavy (non-hydrogen) atoms. The van der Waals surface area contributed by atoms with Gasteiger partial charge in [-0.25, -0.2) is 4.98 Å². The summed E-state index contributed by atoms with van der Waals surface area (Å²) in [7, 11) is -2.96. The molecule has 2 aromatic heterocycles. The van der Waals surface area contributed by atoms with Crippen molar-refractivity contribution in [2.45, 2.75) is 11.8 Å². The van der Waals surface area contributed by atoms with Gasteiger partial charge in [0.1, 0.15) is 0 Å². The molecule has 3 aliphatic carbocycles. The molecule has 0 saturated heterocycles. The van der Waals surface area contributed by atoms with Crippen LogP contribution in [-0.4, -0.2) is 17.6 Å². The number of pyridine rings is 1. The number of aromatic nitrogens is 2. The zero-order valence-electron chi connectivity index (χ0n) is 41.8. The van der Waals surface area contributed by atoms with Crippen molar-refractivity contribution in [1.29, 1.82) is 0 Å². The zero-order chi connectivity index (χ0) is 50.2. The number of rotatable bonds is 9. The second-order valence-corrected chi connectivity index (χ2v) is 24.2. The third kappa shape index (κ3) is 6.76. The van der Waals surface area contributed by atoms with Crippen molar-refractivity contribution in [3.05, 3.63) is 325 Å². The molecule has 2 heterocycles. The molecule has 356 valence electrons. The van der Waals surface area contributed by atoms with E-state index in [0.29, 0.717) is 0 Å². The smallest absolute Gasteiger partial charge is 0.179 e. The maximum atomic E-state index is 5.71. The topological polar surface area (TPSA) is 17.8 Å².